The van der Waals surface area contributed by atoms with Crippen molar-refractivity contribution in [1.82, 2.24) is 41.3 Å². The number of likely N-dealkylation sites (N-methyl/N-ethyl adjacent to an activating group) is 2. The SMILES string of the molecule is CC[C@H](C)[C@@H]([C@@H](CC(=O)N1CCCC1[C@H](OC)[C@@H](C)C(=O)N[C@H](C)[C@@H](O)c1ccccc1)OC)N(C)C(=O)[C@@H](NC(=O)[C@H](C(C)C)N(C)C(=O)OCc1ccc(NC(=O)[C@H](C)NC(=O)[C@@H](NC(=O)CCCCCNC(=O)/C=C\C(=O)OC)C(C)C)cc1)C(C)C. The van der Waals surface area contributed by atoms with E-state index in [0.717, 1.165) is 12.2 Å². The average molecular weight is 1260 g/mol. The van der Waals surface area contributed by atoms with Gasteiger partial charge in [0.25, 0.3) is 0 Å². The van der Waals surface area contributed by atoms with E-state index in [2.05, 4.69) is 36.6 Å². The standard InChI is InChI=1S/C66H103N9O15/c1-17-42(8)58(50(87-14)37-53(78)75-36-24-27-49(75)60(89-16)43(9)61(81)68-44(10)59(80)47-25-20-18-21-26-47)73(12)65(85)56(40(4)5)72-64(84)57(41(6)7)74(13)66(86)90-38-46-29-31-48(32-30-46)70-62(82)45(11)69-63(83)55(39(2)3)71-52(77)28-22-19-23-35-67-51(76)33-34-54(79)88-15/h18,20-21,25-26,29-34,39-45,49-50,55-60,80H,17,19,22-24,27-28,35-38H2,1-16H3,(H,67,76)(H,68,81)(H,69,83)(H,70,82)(H,71,77)(H,72,84)/b34-33-/t42-,43+,44+,45-,49?,50+,55-,56-,57-,58-,59+,60+/m0/s1. The zero-order valence-electron chi connectivity index (χ0n) is 55.8. The van der Waals surface area contributed by atoms with E-state index < -0.39 is 120 Å². The summed E-state index contributed by atoms with van der Waals surface area (Å²) in [5, 5.41) is 27.6. The van der Waals surface area contributed by atoms with Crippen LogP contribution in [0.2, 0.25) is 0 Å². The first kappa shape index (κ1) is 76.8. The average Bonchev–Trinajstić information content (AvgIpc) is 1.47. The Labute approximate surface area is 532 Å². The Morgan fingerprint density at radius 3 is 1.92 bits per heavy atom. The van der Waals surface area contributed by atoms with Crippen LogP contribution in [-0.2, 0) is 68.7 Å². The number of aliphatic hydroxyl groups is 1. The molecular formula is C66H103N9O15. The van der Waals surface area contributed by atoms with Crippen LogP contribution in [-0.4, -0.2) is 182 Å². The van der Waals surface area contributed by atoms with Gasteiger partial charge < -0.3 is 65.8 Å². The van der Waals surface area contributed by atoms with Crippen molar-refractivity contribution in [3.05, 3.63) is 77.9 Å². The van der Waals surface area contributed by atoms with Gasteiger partial charge in [-0.15, -0.1) is 0 Å². The first-order valence-corrected chi connectivity index (χ1v) is 31.4. The Bertz CT molecular complexity index is 2690. The molecule has 90 heavy (non-hydrogen) atoms. The Kier molecular flexibility index (Phi) is 32.7. The highest BCUT2D eigenvalue weighted by atomic mass is 16.6. The molecule has 1 aliphatic heterocycles. The van der Waals surface area contributed by atoms with Gasteiger partial charge >= 0.3 is 12.1 Å². The lowest BCUT2D eigenvalue weighted by atomic mass is 9.89. The molecule has 1 fully saturated rings. The van der Waals surface area contributed by atoms with Gasteiger partial charge in [-0.3, -0.25) is 43.3 Å². The Morgan fingerprint density at radius 1 is 0.700 bits per heavy atom. The first-order chi connectivity index (χ1) is 42.5. The molecule has 1 saturated heterocycles. The molecule has 0 saturated carbocycles. The maximum atomic E-state index is 14.8. The summed E-state index contributed by atoms with van der Waals surface area (Å²) in [5.41, 5.74) is 1.63. The van der Waals surface area contributed by atoms with Crippen LogP contribution in [0, 0.1) is 29.6 Å². The summed E-state index contributed by atoms with van der Waals surface area (Å²) in [4.78, 5) is 138. The largest absolute Gasteiger partial charge is 0.466 e. The van der Waals surface area contributed by atoms with Crippen molar-refractivity contribution in [2.24, 2.45) is 29.6 Å². The molecule has 3 rings (SSSR count). The molecule has 12 atom stereocenters. The summed E-state index contributed by atoms with van der Waals surface area (Å²) in [5.74, 6) is -5.98. The summed E-state index contributed by atoms with van der Waals surface area (Å²) in [6, 6.07) is 9.92. The summed E-state index contributed by atoms with van der Waals surface area (Å²) < 4.78 is 22.2. The zero-order valence-corrected chi connectivity index (χ0v) is 55.8. The lowest BCUT2D eigenvalue weighted by molar-refractivity contribution is -0.148. The highest BCUT2D eigenvalue weighted by molar-refractivity contribution is 5.98. The number of anilines is 1. The highest BCUT2D eigenvalue weighted by Crippen LogP contribution is 2.30. The second-order valence-electron chi connectivity index (χ2n) is 24.5. The number of hydrogen-bond donors (Lipinski definition) is 7. The third-order valence-corrected chi connectivity index (χ3v) is 16.6. The number of amides is 9. The van der Waals surface area contributed by atoms with Gasteiger partial charge in [-0.1, -0.05) is 118 Å². The molecule has 0 bridgehead atoms. The van der Waals surface area contributed by atoms with Gasteiger partial charge in [0.05, 0.1) is 55.9 Å². The summed E-state index contributed by atoms with van der Waals surface area (Å²) in [7, 11) is 7.32. The maximum Gasteiger partial charge on any atom is 0.410 e. The lowest BCUT2D eigenvalue weighted by Crippen LogP contribution is -2.60. The van der Waals surface area contributed by atoms with Crippen LogP contribution >= 0.6 is 0 Å². The van der Waals surface area contributed by atoms with Crippen molar-refractivity contribution in [3.63, 3.8) is 0 Å². The Morgan fingerprint density at radius 2 is 1.34 bits per heavy atom. The number of carbonyl (C=O) groups excluding carboxylic acids is 10. The Hall–Kier alpha value is -7.44. The van der Waals surface area contributed by atoms with Crippen molar-refractivity contribution >= 4 is 65.0 Å². The number of nitrogens with zero attached hydrogens (tertiary/aromatic N) is 3. The molecular weight excluding hydrogens is 1160 g/mol. The molecule has 2 aromatic rings. The molecule has 2 aromatic carbocycles. The molecule has 7 N–H and O–H groups in total. The van der Waals surface area contributed by atoms with E-state index in [4.69, 9.17) is 14.2 Å². The predicted octanol–water partition coefficient (Wildman–Crippen LogP) is 5.57. The van der Waals surface area contributed by atoms with Gasteiger partial charge in [0.1, 0.15) is 30.8 Å². The number of rotatable bonds is 36. The molecule has 0 spiro atoms. The smallest absolute Gasteiger partial charge is 0.410 e. The van der Waals surface area contributed by atoms with Crippen molar-refractivity contribution in [3.8, 4) is 0 Å². The third-order valence-electron chi connectivity index (χ3n) is 16.6. The quantitative estimate of drug-likeness (QED) is 0.0249. The van der Waals surface area contributed by atoms with Gasteiger partial charge in [-0.25, -0.2) is 9.59 Å². The van der Waals surface area contributed by atoms with Crippen LogP contribution in [0.25, 0.3) is 0 Å². The van der Waals surface area contributed by atoms with Crippen LogP contribution in [0.3, 0.4) is 0 Å². The number of hydrogen-bond acceptors (Lipinski definition) is 15. The molecule has 0 aromatic heterocycles. The van der Waals surface area contributed by atoms with E-state index >= 15 is 0 Å². The molecule has 24 nitrogen and oxygen atoms in total. The second-order valence-corrected chi connectivity index (χ2v) is 24.5. The molecule has 24 heteroatoms. The van der Waals surface area contributed by atoms with E-state index in [0.29, 0.717) is 68.4 Å². The number of nitrogens with one attached hydrogen (secondary N) is 6. The summed E-state index contributed by atoms with van der Waals surface area (Å²) in [6.45, 7) is 20.3. The fourth-order valence-corrected chi connectivity index (χ4v) is 11.1. The second kappa shape index (κ2) is 38.3. The number of carbonyl (C=O) groups is 10. The van der Waals surface area contributed by atoms with Crippen molar-refractivity contribution in [1.29, 1.82) is 0 Å². The van der Waals surface area contributed by atoms with Crippen LogP contribution in [0.1, 0.15) is 145 Å². The third kappa shape index (κ3) is 23.4. The minimum absolute atomic E-state index is 0.0813. The highest BCUT2D eigenvalue weighted by Gasteiger charge is 2.44. The fourth-order valence-electron chi connectivity index (χ4n) is 11.1. The van der Waals surface area contributed by atoms with E-state index in [1.165, 1.54) is 40.2 Å². The maximum absolute atomic E-state index is 14.8. The topological polar surface area (TPSA) is 310 Å². The minimum Gasteiger partial charge on any atom is -0.466 e. The first-order valence-electron chi connectivity index (χ1n) is 31.4. The van der Waals surface area contributed by atoms with Crippen molar-refractivity contribution < 1.29 is 72.0 Å². The van der Waals surface area contributed by atoms with Gasteiger partial charge in [-0.2, -0.15) is 0 Å². The van der Waals surface area contributed by atoms with E-state index in [1.807, 2.05) is 45.9 Å². The number of ether oxygens (including phenoxy) is 4. The minimum atomic E-state index is -1.06. The summed E-state index contributed by atoms with van der Waals surface area (Å²) >= 11 is 0. The van der Waals surface area contributed by atoms with E-state index in [9.17, 15) is 53.1 Å². The number of benzene rings is 2. The van der Waals surface area contributed by atoms with Gasteiger partial charge in [0.2, 0.25) is 47.3 Å². The van der Waals surface area contributed by atoms with Gasteiger partial charge in [0.15, 0.2) is 0 Å². The molecule has 1 unspecified atom stereocenters. The Balaban J connectivity index is 1.60. The number of esters is 1. The summed E-state index contributed by atoms with van der Waals surface area (Å²) in [6.07, 6.45) is 2.64. The predicted molar refractivity (Wildman–Crippen MR) is 341 cm³/mol. The number of aliphatic hydroxyl groups excluding tert-OH is 1. The van der Waals surface area contributed by atoms with Crippen molar-refractivity contribution in [2.75, 3.05) is 53.8 Å². The van der Waals surface area contributed by atoms with Crippen LogP contribution in [0.4, 0.5) is 10.5 Å². The lowest BCUT2D eigenvalue weighted by Gasteiger charge is -2.41. The molecule has 0 radical (unpaired) electrons. The van der Waals surface area contributed by atoms with Crippen LogP contribution in [0.15, 0.2) is 66.7 Å². The van der Waals surface area contributed by atoms with Crippen LogP contribution in [0.5, 0.6) is 0 Å². The molecule has 0 aliphatic carbocycles. The van der Waals surface area contributed by atoms with Crippen molar-refractivity contribution in [2.45, 2.75) is 195 Å². The van der Waals surface area contributed by atoms with Gasteiger partial charge in [0, 0.05) is 65.7 Å². The molecule has 502 valence electrons. The fraction of sp³-hybridized carbons (Fsp3) is 0.636. The molecule has 1 aliphatic rings. The van der Waals surface area contributed by atoms with E-state index in [-0.39, 0.29) is 49.0 Å². The zero-order chi connectivity index (χ0) is 67.5. The number of unbranched alkanes of at least 4 members (excludes halogenated alkanes) is 2. The molecule has 9 amide bonds. The monoisotopic (exact) mass is 1260 g/mol. The van der Waals surface area contributed by atoms with E-state index in [1.54, 1.807) is 94.8 Å². The normalized spacial score (nSPS) is 16.9. The number of methoxy groups -OCH3 is 3. The van der Waals surface area contributed by atoms with Crippen LogP contribution < -0.4 is 31.9 Å². The van der Waals surface area contributed by atoms with Gasteiger partial charge in [-0.05, 0) is 86.5 Å². The molecule has 1 heterocycles. The number of likely N-dealkylation sites (tertiary alicyclic amines) is 1.